The van der Waals surface area contributed by atoms with Crippen LogP contribution >= 0.6 is 23.2 Å². The molecule has 0 amide bonds. The van der Waals surface area contributed by atoms with Crippen molar-refractivity contribution in [1.29, 1.82) is 0 Å². The fraction of sp³-hybridized carbons (Fsp3) is 0.333. The fourth-order valence-electron chi connectivity index (χ4n) is 1.82. The third kappa shape index (κ3) is 1.93. The fourth-order valence-corrected chi connectivity index (χ4v) is 2.42. The highest BCUT2D eigenvalue weighted by atomic mass is 35.5. The first-order chi connectivity index (χ1) is 7.74. The number of benzene rings is 1. The summed E-state index contributed by atoms with van der Waals surface area (Å²) in [6, 6.07) is 4.22. The van der Waals surface area contributed by atoms with Gasteiger partial charge in [-0.3, -0.25) is 0 Å². The number of halogens is 2. The molecule has 1 N–H and O–H groups in total. The molecule has 4 heteroatoms. The maximum absolute atomic E-state index is 6.17. The standard InChI is InChI=1S/C12H11Cl2NO/c13-8-3-10(14)12-7(5-15-9-1-2-9)6-16-11(12)4-8/h3-4,6,9,15H,1-2,5H2. The molecule has 1 aliphatic carbocycles. The Labute approximate surface area is 104 Å². The number of hydrogen-bond donors (Lipinski definition) is 1. The quantitative estimate of drug-likeness (QED) is 0.898. The molecule has 0 bridgehead atoms. The normalized spacial score (nSPS) is 15.9. The van der Waals surface area contributed by atoms with E-state index in [9.17, 15) is 0 Å². The summed E-state index contributed by atoms with van der Waals surface area (Å²) < 4.78 is 5.45. The maximum atomic E-state index is 6.17. The van der Waals surface area contributed by atoms with E-state index in [0.29, 0.717) is 16.1 Å². The lowest BCUT2D eigenvalue weighted by molar-refractivity contribution is 0.601. The number of hydrogen-bond acceptors (Lipinski definition) is 2. The summed E-state index contributed by atoms with van der Waals surface area (Å²) in [6.07, 6.45) is 4.30. The molecule has 0 spiro atoms. The van der Waals surface area contributed by atoms with E-state index >= 15 is 0 Å². The van der Waals surface area contributed by atoms with Crippen molar-refractivity contribution in [3.05, 3.63) is 34.0 Å². The topological polar surface area (TPSA) is 25.2 Å². The average molecular weight is 256 g/mol. The molecule has 0 saturated heterocycles. The highest BCUT2D eigenvalue weighted by Crippen LogP contribution is 2.32. The van der Waals surface area contributed by atoms with Gasteiger partial charge in [0.05, 0.1) is 11.3 Å². The van der Waals surface area contributed by atoms with Gasteiger partial charge < -0.3 is 9.73 Å². The zero-order valence-electron chi connectivity index (χ0n) is 8.59. The molecule has 1 aromatic heterocycles. The third-order valence-corrected chi connectivity index (χ3v) is 3.34. The molecule has 0 atom stereocenters. The smallest absolute Gasteiger partial charge is 0.137 e. The Hall–Kier alpha value is -0.700. The molecular weight excluding hydrogens is 245 g/mol. The molecule has 0 aliphatic heterocycles. The molecule has 2 nitrogen and oxygen atoms in total. The summed E-state index contributed by atoms with van der Waals surface area (Å²) in [5, 5.41) is 5.67. The minimum atomic E-state index is 0.605. The van der Waals surface area contributed by atoms with Crippen molar-refractivity contribution in [2.24, 2.45) is 0 Å². The first kappa shape index (κ1) is 10.5. The van der Waals surface area contributed by atoms with Gasteiger partial charge in [0.1, 0.15) is 5.58 Å². The number of rotatable bonds is 3. The second-order valence-electron chi connectivity index (χ2n) is 4.18. The molecule has 3 rings (SSSR count). The van der Waals surface area contributed by atoms with Gasteiger partial charge in [-0.2, -0.15) is 0 Å². The molecule has 1 saturated carbocycles. The second kappa shape index (κ2) is 3.95. The number of furan rings is 1. The van der Waals surface area contributed by atoms with Crippen molar-refractivity contribution in [3.8, 4) is 0 Å². The minimum Gasteiger partial charge on any atom is -0.464 e. The van der Waals surface area contributed by atoms with E-state index in [1.54, 1.807) is 18.4 Å². The van der Waals surface area contributed by atoms with Gasteiger partial charge in [0, 0.05) is 34.6 Å². The molecule has 1 heterocycles. The van der Waals surface area contributed by atoms with Gasteiger partial charge in [0.2, 0.25) is 0 Å². The van der Waals surface area contributed by atoms with E-state index < -0.39 is 0 Å². The largest absolute Gasteiger partial charge is 0.464 e. The first-order valence-electron chi connectivity index (χ1n) is 5.32. The highest BCUT2D eigenvalue weighted by Gasteiger charge is 2.21. The lowest BCUT2D eigenvalue weighted by Gasteiger charge is -2.01. The Balaban J connectivity index is 1.97. The maximum Gasteiger partial charge on any atom is 0.137 e. The SMILES string of the molecule is Clc1cc(Cl)c2c(CNC3CC3)coc2c1. The van der Waals surface area contributed by atoms with Crippen LogP contribution in [0.1, 0.15) is 18.4 Å². The minimum absolute atomic E-state index is 0.605. The van der Waals surface area contributed by atoms with Gasteiger partial charge >= 0.3 is 0 Å². The number of nitrogens with one attached hydrogen (secondary N) is 1. The lowest BCUT2D eigenvalue weighted by Crippen LogP contribution is -2.14. The van der Waals surface area contributed by atoms with Crippen LogP contribution in [-0.2, 0) is 6.54 Å². The molecule has 0 radical (unpaired) electrons. The van der Waals surface area contributed by atoms with Crippen LogP contribution in [0.25, 0.3) is 11.0 Å². The van der Waals surface area contributed by atoms with Crippen LogP contribution in [0.15, 0.2) is 22.8 Å². The van der Waals surface area contributed by atoms with Crippen LogP contribution in [-0.4, -0.2) is 6.04 Å². The van der Waals surface area contributed by atoms with Crippen molar-refractivity contribution in [1.82, 2.24) is 5.32 Å². The average Bonchev–Trinajstić information content (AvgIpc) is 2.96. The second-order valence-corrected chi connectivity index (χ2v) is 5.02. The highest BCUT2D eigenvalue weighted by molar-refractivity contribution is 6.38. The predicted molar refractivity (Wildman–Crippen MR) is 66.1 cm³/mol. The van der Waals surface area contributed by atoms with Crippen molar-refractivity contribution in [2.45, 2.75) is 25.4 Å². The van der Waals surface area contributed by atoms with Crippen molar-refractivity contribution < 1.29 is 4.42 Å². The summed E-state index contributed by atoms with van der Waals surface area (Å²) in [7, 11) is 0. The van der Waals surface area contributed by atoms with Gasteiger partial charge in [-0.05, 0) is 18.9 Å². The van der Waals surface area contributed by atoms with E-state index in [1.807, 2.05) is 0 Å². The van der Waals surface area contributed by atoms with Crippen LogP contribution < -0.4 is 5.32 Å². The van der Waals surface area contributed by atoms with E-state index in [1.165, 1.54) is 12.8 Å². The lowest BCUT2D eigenvalue weighted by atomic mass is 10.2. The molecule has 84 valence electrons. The van der Waals surface area contributed by atoms with Crippen LogP contribution in [0.3, 0.4) is 0 Å². The molecule has 16 heavy (non-hydrogen) atoms. The number of fused-ring (bicyclic) bond motifs is 1. The zero-order chi connectivity index (χ0) is 11.1. The van der Waals surface area contributed by atoms with E-state index in [0.717, 1.165) is 23.1 Å². The Morgan fingerprint density at radius 1 is 1.31 bits per heavy atom. The summed E-state index contributed by atoms with van der Waals surface area (Å²) in [5.74, 6) is 0. The molecule has 2 aromatic rings. The van der Waals surface area contributed by atoms with Gasteiger partial charge in [-0.15, -0.1) is 0 Å². The summed E-state index contributed by atoms with van der Waals surface area (Å²) in [5.41, 5.74) is 1.86. The Bertz CT molecular complexity index is 531. The van der Waals surface area contributed by atoms with Crippen LogP contribution in [0.4, 0.5) is 0 Å². The summed E-state index contributed by atoms with van der Waals surface area (Å²) in [6.45, 7) is 0.805. The third-order valence-electron chi connectivity index (χ3n) is 2.83. The van der Waals surface area contributed by atoms with E-state index in [4.69, 9.17) is 27.6 Å². The molecule has 1 fully saturated rings. The summed E-state index contributed by atoms with van der Waals surface area (Å²) >= 11 is 12.1. The van der Waals surface area contributed by atoms with Crippen LogP contribution in [0.5, 0.6) is 0 Å². The monoisotopic (exact) mass is 255 g/mol. The summed E-state index contributed by atoms with van der Waals surface area (Å²) in [4.78, 5) is 0. The Morgan fingerprint density at radius 3 is 2.88 bits per heavy atom. The van der Waals surface area contributed by atoms with Crippen molar-refractivity contribution >= 4 is 34.2 Å². The molecular formula is C12H11Cl2NO. The molecule has 1 aromatic carbocycles. The van der Waals surface area contributed by atoms with Crippen molar-refractivity contribution in [3.63, 3.8) is 0 Å². The zero-order valence-corrected chi connectivity index (χ0v) is 10.1. The first-order valence-corrected chi connectivity index (χ1v) is 6.08. The van der Waals surface area contributed by atoms with Gasteiger partial charge in [-0.1, -0.05) is 23.2 Å². The van der Waals surface area contributed by atoms with Crippen molar-refractivity contribution in [2.75, 3.05) is 0 Å². The van der Waals surface area contributed by atoms with E-state index in [2.05, 4.69) is 5.32 Å². The molecule has 1 aliphatic rings. The van der Waals surface area contributed by atoms with Gasteiger partial charge in [-0.25, -0.2) is 0 Å². The molecule has 0 unspecified atom stereocenters. The van der Waals surface area contributed by atoms with Crippen LogP contribution in [0.2, 0.25) is 10.0 Å². The van der Waals surface area contributed by atoms with Gasteiger partial charge in [0.25, 0.3) is 0 Å². The Morgan fingerprint density at radius 2 is 2.12 bits per heavy atom. The van der Waals surface area contributed by atoms with Gasteiger partial charge in [0.15, 0.2) is 0 Å². The predicted octanol–water partition coefficient (Wildman–Crippen LogP) is 3.99. The Kier molecular flexibility index (Phi) is 2.58. The van der Waals surface area contributed by atoms with E-state index in [-0.39, 0.29) is 0 Å². The van der Waals surface area contributed by atoms with Crippen LogP contribution in [0, 0.1) is 0 Å².